The Balaban J connectivity index is 2.15. The van der Waals surface area contributed by atoms with Crippen molar-refractivity contribution in [3.63, 3.8) is 0 Å². The summed E-state index contributed by atoms with van der Waals surface area (Å²) in [4.78, 5) is 29.5. The molecule has 1 N–H and O–H groups in total. The predicted octanol–water partition coefficient (Wildman–Crippen LogP) is 2.33. The van der Waals surface area contributed by atoms with Gasteiger partial charge in [-0.25, -0.2) is 13.8 Å². The van der Waals surface area contributed by atoms with Crippen LogP contribution in [0.2, 0.25) is 0 Å². The molecule has 2 rings (SSSR count). The Hall–Kier alpha value is -2.02. The Bertz CT molecular complexity index is 696. The molecule has 0 saturated heterocycles. The van der Waals surface area contributed by atoms with Gasteiger partial charge >= 0.3 is 0 Å². The number of hydrogen-bond acceptors (Lipinski definition) is 4. The van der Waals surface area contributed by atoms with Crippen LogP contribution in [-0.2, 0) is 0 Å². The lowest BCUT2D eigenvalue weighted by Crippen LogP contribution is -2.11. The van der Waals surface area contributed by atoms with Crippen LogP contribution in [0.3, 0.4) is 0 Å². The normalized spacial score (nSPS) is 10.6. The molecule has 20 heavy (non-hydrogen) atoms. The van der Waals surface area contributed by atoms with E-state index in [-0.39, 0.29) is 16.5 Å². The number of carbonyl (C=O) groups is 1. The van der Waals surface area contributed by atoms with Gasteiger partial charge in [-0.05, 0) is 19.1 Å². The molecule has 0 aliphatic heterocycles. The zero-order chi connectivity index (χ0) is 14.7. The van der Waals surface area contributed by atoms with E-state index in [1.807, 2.05) is 0 Å². The van der Waals surface area contributed by atoms with Gasteiger partial charge in [-0.3, -0.25) is 9.59 Å². The van der Waals surface area contributed by atoms with Gasteiger partial charge in [-0.2, -0.15) is 0 Å². The molecule has 0 aliphatic carbocycles. The number of nitrogens with zero attached hydrogens (tertiary/aromatic N) is 1. The number of aromatic nitrogens is 2. The molecule has 104 valence electrons. The number of nitrogens with one attached hydrogen (secondary N) is 1. The van der Waals surface area contributed by atoms with Gasteiger partial charge in [0.15, 0.2) is 10.9 Å². The number of thioether (sulfide) groups is 1. The maximum atomic E-state index is 13.4. The fourth-order valence-corrected chi connectivity index (χ4v) is 2.38. The Morgan fingerprint density at radius 2 is 2.00 bits per heavy atom. The minimum absolute atomic E-state index is 0.218. The van der Waals surface area contributed by atoms with Crippen molar-refractivity contribution in [2.75, 3.05) is 5.75 Å². The van der Waals surface area contributed by atoms with Gasteiger partial charge in [0.1, 0.15) is 11.6 Å². The summed E-state index contributed by atoms with van der Waals surface area (Å²) < 4.78 is 26.8. The standard InChI is InChI=1S/C13H10F2N2O2S/c1-7-5-11(19)17-13(16-7)20-6-10(18)12-8(14)3-2-4-9(12)15/h2-5H,6H2,1H3,(H,16,17,19). The third-order valence-electron chi connectivity index (χ3n) is 2.43. The largest absolute Gasteiger partial charge is 0.301 e. The average Bonchev–Trinajstić information content (AvgIpc) is 2.35. The summed E-state index contributed by atoms with van der Waals surface area (Å²) in [7, 11) is 0. The molecule has 0 bridgehead atoms. The van der Waals surface area contributed by atoms with Crippen LogP contribution < -0.4 is 5.56 Å². The van der Waals surface area contributed by atoms with E-state index in [4.69, 9.17) is 0 Å². The van der Waals surface area contributed by atoms with Crippen LogP contribution in [0, 0.1) is 18.6 Å². The topological polar surface area (TPSA) is 62.8 Å². The molecule has 0 aliphatic rings. The molecule has 1 heterocycles. The van der Waals surface area contributed by atoms with Crippen molar-refractivity contribution in [2.45, 2.75) is 12.1 Å². The third-order valence-corrected chi connectivity index (χ3v) is 3.30. The fourth-order valence-electron chi connectivity index (χ4n) is 1.59. The molecular weight excluding hydrogens is 286 g/mol. The van der Waals surface area contributed by atoms with Crippen LogP contribution in [0.5, 0.6) is 0 Å². The maximum absolute atomic E-state index is 13.4. The minimum atomic E-state index is -0.902. The van der Waals surface area contributed by atoms with Crippen molar-refractivity contribution in [3.05, 3.63) is 57.5 Å². The summed E-state index contributed by atoms with van der Waals surface area (Å²) in [6, 6.07) is 4.54. The van der Waals surface area contributed by atoms with E-state index in [1.165, 1.54) is 12.1 Å². The summed E-state index contributed by atoms with van der Waals surface area (Å²) >= 11 is 0.920. The molecule has 4 nitrogen and oxygen atoms in total. The lowest BCUT2D eigenvalue weighted by molar-refractivity contribution is 0.101. The van der Waals surface area contributed by atoms with E-state index in [1.54, 1.807) is 6.92 Å². The second-order valence-electron chi connectivity index (χ2n) is 4.00. The van der Waals surface area contributed by atoms with Gasteiger partial charge in [0.05, 0.1) is 11.3 Å². The monoisotopic (exact) mass is 296 g/mol. The van der Waals surface area contributed by atoms with Crippen molar-refractivity contribution >= 4 is 17.5 Å². The molecule has 0 radical (unpaired) electrons. The highest BCUT2D eigenvalue weighted by Gasteiger charge is 2.17. The molecule has 0 fully saturated rings. The van der Waals surface area contributed by atoms with Crippen molar-refractivity contribution in [1.82, 2.24) is 9.97 Å². The Morgan fingerprint density at radius 3 is 2.60 bits per heavy atom. The number of carbonyl (C=O) groups excluding carboxylic acids is 1. The van der Waals surface area contributed by atoms with E-state index in [9.17, 15) is 18.4 Å². The second-order valence-corrected chi connectivity index (χ2v) is 4.96. The first kappa shape index (κ1) is 14.4. The second kappa shape index (κ2) is 5.96. The minimum Gasteiger partial charge on any atom is -0.301 e. The summed E-state index contributed by atoms with van der Waals surface area (Å²) in [5.74, 6) is -2.72. The van der Waals surface area contributed by atoms with E-state index < -0.39 is 23.0 Å². The number of benzene rings is 1. The highest BCUT2D eigenvalue weighted by atomic mass is 32.2. The highest BCUT2D eigenvalue weighted by Crippen LogP contribution is 2.18. The Morgan fingerprint density at radius 1 is 1.35 bits per heavy atom. The average molecular weight is 296 g/mol. The molecule has 7 heteroatoms. The SMILES string of the molecule is Cc1cc(=O)[nH]c(SCC(=O)c2c(F)cccc2F)n1. The van der Waals surface area contributed by atoms with Crippen molar-refractivity contribution < 1.29 is 13.6 Å². The fraction of sp³-hybridized carbons (Fsp3) is 0.154. The zero-order valence-electron chi connectivity index (χ0n) is 10.4. The van der Waals surface area contributed by atoms with Crippen LogP contribution in [-0.4, -0.2) is 21.5 Å². The van der Waals surface area contributed by atoms with E-state index >= 15 is 0 Å². The van der Waals surface area contributed by atoms with Gasteiger partial charge in [0.2, 0.25) is 0 Å². The zero-order valence-corrected chi connectivity index (χ0v) is 11.3. The summed E-state index contributed by atoms with van der Waals surface area (Å²) in [6.07, 6.45) is 0. The first-order valence-electron chi connectivity index (χ1n) is 5.65. The van der Waals surface area contributed by atoms with Crippen LogP contribution in [0.15, 0.2) is 34.2 Å². The number of Topliss-reactive ketones (excluding diaryl/α,β-unsaturated/α-hetero) is 1. The number of aromatic amines is 1. The van der Waals surface area contributed by atoms with Gasteiger partial charge in [-0.1, -0.05) is 17.8 Å². The number of ketones is 1. The van der Waals surface area contributed by atoms with Crippen LogP contribution >= 0.6 is 11.8 Å². The van der Waals surface area contributed by atoms with Gasteiger partial charge in [0, 0.05) is 11.8 Å². The summed E-state index contributed by atoms with van der Waals surface area (Å²) in [5.41, 5.74) is -0.416. The van der Waals surface area contributed by atoms with Crippen molar-refractivity contribution in [2.24, 2.45) is 0 Å². The summed E-state index contributed by atoms with van der Waals surface area (Å²) in [6.45, 7) is 1.64. The van der Waals surface area contributed by atoms with Gasteiger partial charge in [-0.15, -0.1) is 0 Å². The van der Waals surface area contributed by atoms with Crippen LogP contribution in [0.25, 0.3) is 0 Å². The lowest BCUT2D eigenvalue weighted by atomic mass is 10.1. The molecule has 0 spiro atoms. The molecule has 0 atom stereocenters. The number of halogens is 2. The van der Waals surface area contributed by atoms with Gasteiger partial charge < -0.3 is 4.98 Å². The first-order chi connectivity index (χ1) is 9.47. The quantitative estimate of drug-likeness (QED) is 0.534. The van der Waals surface area contributed by atoms with Gasteiger partial charge in [0.25, 0.3) is 5.56 Å². The van der Waals surface area contributed by atoms with Crippen molar-refractivity contribution in [3.8, 4) is 0 Å². The van der Waals surface area contributed by atoms with Crippen LogP contribution in [0.1, 0.15) is 16.1 Å². The van der Waals surface area contributed by atoms with E-state index in [2.05, 4.69) is 9.97 Å². The molecule has 0 unspecified atom stereocenters. The lowest BCUT2D eigenvalue weighted by Gasteiger charge is -2.04. The third kappa shape index (κ3) is 3.30. The van der Waals surface area contributed by atoms with E-state index in [0.29, 0.717) is 5.69 Å². The predicted molar refractivity (Wildman–Crippen MR) is 71.0 cm³/mol. The maximum Gasteiger partial charge on any atom is 0.251 e. The number of rotatable bonds is 4. The number of aryl methyl sites for hydroxylation is 1. The number of H-pyrrole nitrogens is 1. The Labute approximate surface area is 117 Å². The number of hydrogen-bond donors (Lipinski definition) is 1. The first-order valence-corrected chi connectivity index (χ1v) is 6.64. The smallest absolute Gasteiger partial charge is 0.251 e. The summed E-state index contributed by atoms with van der Waals surface area (Å²) in [5, 5.41) is 0.236. The molecule has 2 aromatic rings. The highest BCUT2D eigenvalue weighted by molar-refractivity contribution is 7.99. The van der Waals surface area contributed by atoms with E-state index in [0.717, 1.165) is 23.9 Å². The molecule has 0 amide bonds. The van der Waals surface area contributed by atoms with Crippen LogP contribution in [0.4, 0.5) is 8.78 Å². The Kier molecular flexibility index (Phi) is 4.29. The molecule has 1 aromatic carbocycles. The van der Waals surface area contributed by atoms with Crippen molar-refractivity contribution in [1.29, 1.82) is 0 Å². The molecular formula is C13H10F2N2O2S. The molecule has 1 aromatic heterocycles. The molecule has 0 saturated carbocycles.